The Morgan fingerprint density at radius 2 is 1.61 bits per heavy atom. The molecule has 0 bridgehead atoms. The van der Waals surface area contributed by atoms with Gasteiger partial charge in [0.25, 0.3) is 0 Å². The summed E-state index contributed by atoms with van der Waals surface area (Å²) in [5.74, 6) is 0. The van der Waals surface area contributed by atoms with Crippen molar-refractivity contribution in [2.75, 3.05) is 31.6 Å². The van der Waals surface area contributed by atoms with Crippen molar-refractivity contribution in [3.63, 3.8) is 0 Å². The van der Waals surface area contributed by atoms with Crippen LogP contribution in [0.15, 0.2) is 66.7 Å². The predicted octanol–water partition coefficient (Wildman–Crippen LogP) is 3.99. The summed E-state index contributed by atoms with van der Waals surface area (Å²) >= 11 is 0. The van der Waals surface area contributed by atoms with Crippen LogP contribution in [0.2, 0.25) is 0 Å². The lowest BCUT2D eigenvalue weighted by molar-refractivity contribution is 0.0341. The van der Waals surface area contributed by atoms with Crippen LogP contribution in [-0.2, 0) is 17.8 Å². The minimum Gasteiger partial charge on any atom is -0.379 e. The zero-order chi connectivity index (χ0) is 19.2. The number of carbonyl (C=O) groups excluding carboxylic acids is 1. The lowest BCUT2D eigenvalue weighted by Gasteiger charge is -2.27. The van der Waals surface area contributed by atoms with Gasteiger partial charge < -0.3 is 15.4 Å². The van der Waals surface area contributed by atoms with Gasteiger partial charge in [0.15, 0.2) is 0 Å². The van der Waals surface area contributed by atoms with Crippen LogP contribution in [0.4, 0.5) is 10.5 Å². The van der Waals surface area contributed by atoms with Gasteiger partial charge in [-0.15, -0.1) is 0 Å². The summed E-state index contributed by atoms with van der Waals surface area (Å²) in [7, 11) is 0. The number of nitrogens with zero attached hydrogens (tertiary/aromatic N) is 1. The van der Waals surface area contributed by atoms with E-state index in [1.165, 1.54) is 5.56 Å². The maximum atomic E-state index is 12.4. The maximum absolute atomic E-state index is 12.4. The van der Waals surface area contributed by atoms with Crippen LogP contribution in [0.1, 0.15) is 11.1 Å². The number of fused-ring (bicyclic) bond motifs is 1. The summed E-state index contributed by atoms with van der Waals surface area (Å²) in [6.45, 7) is 4.85. The first-order chi connectivity index (χ1) is 13.8. The summed E-state index contributed by atoms with van der Waals surface area (Å²) in [6.07, 6.45) is 0. The van der Waals surface area contributed by atoms with Crippen LogP contribution in [0, 0.1) is 0 Å². The maximum Gasteiger partial charge on any atom is 0.319 e. The molecule has 0 aliphatic carbocycles. The Balaban J connectivity index is 1.36. The highest BCUT2D eigenvalue weighted by atomic mass is 16.5. The van der Waals surface area contributed by atoms with Gasteiger partial charge in [-0.05, 0) is 34.0 Å². The van der Waals surface area contributed by atoms with E-state index in [0.717, 1.165) is 54.9 Å². The second kappa shape index (κ2) is 8.87. The molecule has 0 saturated carbocycles. The fraction of sp³-hybridized carbons (Fsp3) is 0.261. The SMILES string of the molecule is O=C(NCc1ccccc1CN1CCOCC1)Nc1ccc2ccccc2c1. The summed E-state index contributed by atoms with van der Waals surface area (Å²) < 4.78 is 5.42. The van der Waals surface area contributed by atoms with Gasteiger partial charge in [-0.3, -0.25) is 4.90 Å². The lowest BCUT2D eigenvalue weighted by Crippen LogP contribution is -2.36. The van der Waals surface area contributed by atoms with Crippen molar-refractivity contribution in [1.29, 1.82) is 0 Å². The van der Waals surface area contributed by atoms with E-state index in [1.54, 1.807) is 0 Å². The average molecular weight is 375 g/mol. The van der Waals surface area contributed by atoms with E-state index in [-0.39, 0.29) is 6.03 Å². The molecule has 0 radical (unpaired) electrons. The van der Waals surface area contributed by atoms with Crippen molar-refractivity contribution >= 4 is 22.5 Å². The largest absolute Gasteiger partial charge is 0.379 e. The minimum atomic E-state index is -0.198. The standard InChI is InChI=1S/C23H25N3O2/c27-23(25-22-10-9-18-5-1-2-6-19(18)15-22)24-16-20-7-3-4-8-21(20)17-26-11-13-28-14-12-26/h1-10,15H,11-14,16-17H2,(H2,24,25,27). The topological polar surface area (TPSA) is 53.6 Å². The number of amides is 2. The van der Waals surface area contributed by atoms with E-state index in [9.17, 15) is 4.79 Å². The summed E-state index contributed by atoms with van der Waals surface area (Å²) in [4.78, 5) is 14.8. The number of anilines is 1. The minimum absolute atomic E-state index is 0.198. The number of hydrogen-bond acceptors (Lipinski definition) is 3. The first kappa shape index (κ1) is 18.5. The normalized spacial score (nSPS) is 14.7. The molecule has 1 fully saturated rings. The van der Waals surface area contributed by atoms with Crippen molar-refractivity contribution < 1.29 is 9.53 Å². The quantitative estimate of drug-likeness (QED) is 0.709. The van der Waals surface area contributed by atoms with Crippen LogP contribution >= 0.6 is 0 Å². The van der Waals surface area contributed by atoms with Crippen molar-refractivity contribution in [3.8, 4) is 0 Å². The van der Waals surface area contributed by atoms with Crippen molar-refractivity contribution in [2.45, 2.75) is 13.1 Å². The first-order valence-corrected chi connectivity index (χ1v) is 9.68. The molecule has 4 rings (SSSR count). The van der Waals surface area contributed by atoms with Crippen molar-refractivity contribution in [1.82, 2.24) is 10.2 Å². The molecule has 3 aromatic carbocycles. The highest BCUT2D eigenvalue weighted by molar-refractivity contribution is 5.93. The zero-order valence-corrected chi connectivity index (χ0v) is 15.9. The molecule has 1 aliphatic heterocycles. The summed E-state index contributed by atoms with van der Waals surface area (Å²) in [5, 5.41) is 8.17. The van der Waals surface area contributed by atoms with E-state index < -0.39 is 0 Å². The third-order valence-corrected chi connectivity index (χ3v) is 5.06. The molecule has 2 amide bonds. The molecule has 5 heteroatoms. The molecule has 28 heavy (non-hydrogen) atoms. The van der Waals surface area contributed by atoms with Gasteiger partial charge >= 0.3 is 6.03 Å². The van der Waals surface area contributed by atoms with Gasteiger partial charge in [0.05, 0.1) is 13.2 Å². The first-order valence-electron chi connectivity index (χ1n) is 9.68. The second-order valence-corrected chi connectivity index (χ2v) is 7.03. The Labute approximate surface area is 165 Å². The van der Waals surface area contributed by atoms with Crippen LogP contribution < -0.4 is 10.6 Å². The van der Waals surface area contributed by atoms with Gasteiger partial charge in [0, 0.05) is 31.9 Å². The fourth-order valence-corrected chi connectivity index (χ4v) is 3.50. The van der Waals surface area contributed by atoms with Gasteiger partial charge in [-0.1, -0.05) is 54.6 Å². The zero-order valence-electron chi connectivity index (χ0n) is 15.9. The molecule has 0 unspecified atom stereocenters. The lowest BCUT2D eigenvalue weighted by atomic mass is 10.1. The van der Waals surface area contributed by atoms with Gasteiger partial charge in [-0.2, -0.15) is 0 Å². The monoisotopic (exact) mass is 375 g/mol. The molecule has 1 saturated heterocycles. The number of rotatable bonds is 5. The van der Waals surface area contributed by atoms with Crippen LogP contribution in [0.3, 0.4) is 0 Å². The van der Waals surface area contributed by atoms with Crippen LogP contribution in [0.25, 0.3) is 10.8 Å². The second-order valence-electron chi connectivity index (χ2n) is 7.03. The molecule has 5 nitrogen and oxygen atoms in total. The molecule has 0 atom stereocenters. The molecule has 0 aromatic heterocycles. The van der Waals surface area contributed by atoms with E-state index in [4.69, 9.17) is 4.74 Å². The Morgan fingerprint density at radius 1 is 0.893 bits per heavy atom. The summed E-state index contributed by atoms with van der Waals surface area (Å²) in [5.41, 5.74) is 3.18. The van der Waals surface area contributed by atoms with E-state index >= 15 is 0 Å². The van der Waals surface area contributed by atoms with E-state index in [1.807, 2.05) is 42.5 Å². The number of urea groups is 1. The number of nitrogens with one attached hydrogen (secondary N) is 2. The Kier molecular flexibility index (Phi) is 5.85. The van der Waals surface area contributed by atoms with Gasteiger partial charge in [0.1, 0.15) is 0 Å². The Bertz CT molecular complexity index is 951. The molecular formula is C23H25N3O2. The fourth-order valence-electron chi connectivity index (χ4n) is 3.50. The van der Waals surface area contributed by atoms with Crippen molar-refractivity contribution in [3.05, 3.63) is 77.9 Å². The highest BCUT2D eigenvalue weighted by Crippen LogP contribution is 2.19. The number of hydrogen-bond donors (Lipinski definition) is 2. The molecule has 1 heterocycles. The molecular weight excluding hydrogens is 350 g/mol. The van der Waals surface area contributed by atoms with E-state index in [0.29, 0.717) is 6.54 Å². The number of ether oxygens (including phenoxy) is 1. The molecule has 144 valence electrons. The van der Waals surface area contributed by atoms with Crippen LogP contribution in [-0.4, -0.2) is 37.2 Å². The third kappa shape index (κ3) is 4.68. The molecule has 3 aromatic rings. The summed E-state index contributed by atoms with van der Waals surface area (Å²) in [6, 6.07) is 22.1. The number of benzene rings is 3. The van der Waals surface area contributed by atoms with Crippen LogP contribution in [0.5, 0.6) is 0 Å². The number of carbonyl (C=O) groups is 1. The Morgan fingerprint density at radius 3 is 2.43 bits per heavy atom. The van der Waals surface area contributed by atoms with E-state index in [2.05, 4.69) is 39.8 Å². The highest BCUT2D eigenvalue weighted by Gasteiger charge is 2.13. The van der Waals surface area contributed by atoms with Gasteiger partial charge in [-0.25, -0.2) is 4.79 Å². The number of morpholine rings is 1. The predicted molar refractivity (Wildman–Crippen MR) is 112 cm³/mol. The molecule has 2 N–H and O–H groups in total. The average Bonchev–Trinajstić information content (AvgIpc) is 2.74. The smallest absolute Gasteiger partial charge is 0.319 e. The van der Waals surface area contributed by atoms with Crippen molar-refractivity contribution in [2.24, 2.45) is 0 Å². The third-order valence-electron chi connectivity index (χ3n) is 5.06. The molecule has 0 spiro atoms. The molecule has 1 aliphatic rings. The Hall–Kier alpha value is -2.89. The van der Waals surface area contributed by atoms with Gasteiger partial charge in [0.2, 0.25) is 0 Å².